The zero-order chi connectivity index (χ0) is 8.55. The van der Waals surface area contributed by atoms with E-state index in [-0.39, 0.29) is 0 Å². The molecule has 0 radical (unpaired) electrons. The number of aromatic amines is 2. The van der Waals surface area contributed by atoms with E-state index in [1.165, 1.54) is 0 Å². The molecule has 58 valence electrons. The Morgan fingerprint density at radius 2 is 2.42 bits per heavy atom. The van der Waals surface area contributed by atoms with Crippen molar-refractivity contribution in [2.75, 3.05) is 0 Å². The largest absolute Gasteiger partial charge is 0.341 e. The molecule has 2 aromatic heterocycles. The van der Waals surface area contributed by atoms with E-state index >= 15 is 0 Å². The maximum absolute atomic E-state index is 5.15. The Morgan fingerprint density at radius 1 is 1.58 bits per heavy atom. The van der Waals surface area contributed by atoms with E-state index in [4.69, 9.17) is 18.6 Å². The number of aromatic nitrogens is 4. The van der Waals surface area contributed by atoms with Crippen molar-refractivity contribution < 1.29 is 0 Å². The van der Waals surface area contributed by atoms with E-state index in [1.54, 1.807) is 6.33 Å². The average Bonchev–Trinajstić information content (AvgIpc) is 2.52. The van der Waals surface area contributed by atoms with Crippen molar-refractivity contribution in [3.63, 3.8) is 0 Å². The molecule has 0 amide bonds. The number of nitrogens with zero attached hydrogens (tertiary/aromatic N) is 2. The van der Waals surface area contributed by atoms with Gasteiger partial charge >= 0.3 is 0 Å². The van der Waals surface area contributed by atoms with Gasteiger partial charge in [-0.2, -0.15) is 0 Å². The SMILES string of the molecule is C#Cc1nc(=S)c2[nH]cnc2[nH]1. The highest BCUT2D eigenvalue weighted by molar-refractivity contribution is 7.71. The molecule has 0 saturated carbocycles. The fraction of sp³-hybridized carbons (Fsp3) is 0. The number of fused-ring (bicyclic) bond motifs is 1. The zero-order valence-corrected chi connectivity index (χ0v) is 6.77. The molecular weight excluding hydrogens is 172 g/mol. The highest BCUT2D eigenvalue weighted by Gasteiger charge is 1.99. The Labute approximate surface area is 73.1 Å². The second-order valence-corrected chi connectivity index (χ2v) is 2.55. The molecule has 0 aromatic carbocycles. The molecule has 0 unspecified atom stereocenters. The lowest BCUT2D eigenvalue weighted by atomic mass is 10.5. The van der Waals surface area contributed by atoms with Crippen molar-refractivity contribution >= 4 is 23.4 Å². The fourth-order valence-corrected chi connectivity index (χ4v) is 1.16. The fourth-order valence-electron chi connectivity index (χ4n) is 0.918. The van der Waals surface area contributed by atoms with Crippen LogP contribution in [0.15, 0.2) is 6.33 Å². The second-order valence-electron chi connectivity index (χ2n) is 2.16. The predicted octanol–water partition coefficient (Wildman–Crippen LogP) is 0.997. The van der Waals surface area contributed by atoms with Crippen molar-refractivity contribution in [3.8, 4) is 12.3 Å². The highest BCUT2D eigenvalue weighted by atomic mass is 32.1. The van der Waals surface area contributed by atoms with E-state index in [1.807, 2.05) is 0 Å². The lowest BCUT2D eigenvalue weighted by Gasteiger charge is -1.90. The van der Waals surface area contributed by atoms with Crippen LogP contribution < -0.4 is 0 Å². The number of hydrogen-bond acceptors (Lipinski definition) is 3. The van der Waals surface area contributed by atoms with Gasteiger partial charge in [-0.05, 0) is 5.92 Å². The van der Waals surface area contributed by atoms with Gasteiger partial charge in [0.2, 0.25) is 0 Å². The second kappa shape index (κ2) is 2.43. The summed E-state index contributed by atoms with van der Waals surface area (Å²) >= 11 is 4.96. The van der Waals surface area contributed by atoms with Gasteiger partial charge in [0.05, 0.1) is 6.33 Å². The van der Waals surface area contributed by atoms with Gasteiger partial charge in [-0.1, -0.05) is 12.2 Å². The van der Waals surface area contributed by atoms with Gasteiger partial charge in [-0.15, -0.1) is 6.42 Å². The molecule has 0 fully saturated rings. The van der Waals surface area contributed by atoms with Crippen LogP contribution in [-0.4, -0.2) is 19.9 Å². The van der Waals surface area contributed by atoms with Crippen molar-refractivity contribution in [2.24, 2.45) is 0 Å². The number of terminal acetylenes is 1. The first kappa shape index (κ1) is 7.00. The number of H-pyrrole nitrogens is 2. The first-order valence-corrected chi connectivity index (χ1v) is 3.62. The molecule has 12 heavy (non-hydrogen) atoms. The van der Waals surface area contributed by atoms with E-state index in [9.17, 15) is 0 Å². The summed E-state index contributed by atoms with van der Waals surface area (Å²) in [7, 11) is 0. The Balaban J connectivity index is 2.96. The molecule has 2 N–H and O–H groups in total. The summed E-state index contributed by atoms with van der Waals surface area (Å²) in [5, 5.41) is 0. The van der Waals surface area contributed by atoms with Gasteiger partial charge in [0, 0.05) is 0 Å². The van der Waals surface area contributed by atoms with E-state index < -0.39 is 0 Å². The Hall–Kier alpha value is -1.67. The summed E-state index contributed by atoms with van der Waals surface area (Å²) in [6.45, 7) is 0. The van der Waals surface area contributed by atoms with E-state index in [0.717, 1.165) is 0 Å². The summed E-state index contributed by atoms with van der Waals surface area (Å²) in [6, 6.07) is 0. The van der Waals surface area contributed by atoms with Crippen LogP contribution in [0.25, 0.3) is 11.2 Å². The van der Waals surface area contributed by atoms with Crippen LogP contribution in [0.3, 0.4) is 0 Å². The van der Waals surface area contributed by atoms with Crippen LogP contribution in [0.1, 0.15) is 5.82 Å². The quantitative estimate of drug-likeness (QED) is 0.465. The number of rotatable bonds is 0. The monoisotopic (exact) mass is 176 g/mol. The van der Waals surface area contributed by atoms with Crippen LogP contribution in [0, 0.1) is 17.0 Å². The molecule has 0 aliphatic heterocycles. The molecule has 4 nitrogen and oxygen atoms in total. The molecule has 2 aromatic rings. The van der Waals surface area contributed by atoms with Crippen molar-refractivity contribution in [1.29, 1.82) is 0 Å². The van der Waals surface area contributed by atoms with Crippen molar-refractivity contribution in [1.82, 2.24) is 19.9 Å². The van der Waals surface area contributed by atoms with Crippen LogP contribution >= 0.6 is 12.2 Å². The molecule has 0 spiro atoms. The number of hydrogen-bond donors (Lipinski definition) is 2. The van der Waals surface area contributed by atoms with E-state index in [2.05, 4.69) is 25.9 Å². The van der Waals surface area contributed by atoms with Crippen molar-refractivity contribution in [2.45, 2.75) is 0 Å². The maximum atomic E-state index is 5.15. The minimum atomic E-state index is 0.402. The molecular formula is C7H4N4S. The summed E-state index contributed by atoms with van der Waals surface area (Å²) in [4.78, 5) is 13.6. The van der Waals surface area contributed by atoms with Crippen LogP contribution in [-0.2, 0) is 0 Å². The normalized spacial score (nSPS) is 9.92. The average molecular weight is 176 g/mol. The van der Waals surface area contributed by atoms with Crippen LogP contribution in [0.4, 0.5) is 0 Å². The molecule has 0 saturated heterocycles. The predicted molar refractivity (Wildman–Crippen MR) is 47.0 cm³/mol. The Bertz CT molecular complexity index is 516. The summed E-state index contributed by atoms with van der Waals surface area (Å²) in [5.74, 6) is 2.76. The van der Waals surface area contributed by atoms with Gasteiger partial charge in [0.1, 0.15) is 5.52 Å². The molecule has 2 rings (SSSR count). The number of imidazole rings is 1. The highest BCUT2D eigenvalue weighted by Crippen LogP contribution is 2.05. The van der Waals surface area contributed by atoms with Gasteiger partial charge in [-0.25, -0.2) is 9.97 Å². The molecule has 2 heterocycles. The Morgan fingerprint density at radius 3 is 3.17 bits per heavy atom. The minimum absolute atomic E-state index is 0.402. The third kappa shape index (κ3) is 0.898. The maximum Gasteiger partial charge on any atom is 0.185 e. The third-order valence-electron chi connectivity index (χ3n) is 1.44. The lowest BCUT2D eigenvalue weighted by Crippen LogP contribution is -1.89. The van der Waals surface area contributed by atoms with Gasteiger partial charge in [0.15, 0.2) is 16.1 Å². The van der Waals surface area contributed by atoms with Crippen LogP contribution in [0.2, 0.25) is 0 Å². The third-order valence-corrected chi connectivity index (χ3v) is 1.74. The Kier molecular flexibility index (Phi) is 1.42. The van der Waals surface area contributed by atoms with Gasteiger partial charge in [-0.3, -0.25) is 0 Å². The lowest BCUT2D eigenvalue weighted by molar-refractivity contribution is 1.14. The van der Waals surface area contributed by atoms with Crippen LogP contribution in [0.5, 0.6) is 0 Å². The summed E-state index contributed by atoms with van der Waals surface area (Å²) in [5.41, 5.74) is 1.35. The first-order valence-electron chi connectivity index (χ1n) is 3.21. The van der Waals surface area contributed by atoms with Gasteiger partial charge < -0.3 is 9.97 Å². The van der Waals surface area contributed by atoms with Crippen molar-refractivity contribution in [3.05, 3.63) is 16.8 Å². The van der Waals surface area contributed by atoms with Gasteiger partial charge in [0.25, 0.3) is 0 Å². The minimum Gasteiger partial charge on any atom is -0.341 e. The molecule has 5 heteroatoms. The van der Waals surface area contributed by atoms with E-state index in [0.29, 0.717) is 21.6 Å². The molecule has 0 atom stereocenters. The first-order chi connectivity index (χ1) is 5.81. The zero-order valence-electron chi connectivity index (χ0n) is 5.96. The summed E-state index contributed by atoms with van der Waals surface area (Å²) < 4.78 is 0.439. The molecule has 0 bridgehead atoms. The standard InChI is InChI=1S/C7H4N4S/c1-2-4-10-6-5(7(12)11-4)8-3-9-6/h1,3H,(H2,8,9,10,11,12). The topological polar surface area (TPSA) is 57.4 Å². The smallest absolute Gasteiger partial charge is 0.185 e. The molecule has 0 aliphatic rings. The summed E-state index contributed by atoms with van der Waals surface area (Å²) in [6.07, 6.45) is 6.69. The molecule has 0 aliphatic carbocycles. The number of nitrogens with one attached hydrogen (secondary N) is 2.